The molecule has 120 valence electrons. The molecule has 1 saturated carbocycles. The minimum absolute atomic E-state index is 0.0636. The van der Waals surface area contributed by atoms with E-state index in [1.807, 2.05) is 0 Å². The Bertz CT molecular complexity index is 370. The van der Waals surface area contributed by atoms with Crippen LogP contribution in [0.2, 0.25) is 0 Å². The summed E-state index contributed by atoms with van der Waals surface area (Å²) in [5.74, 6) is -0.722. The molecule has 1 aliphatic carbocycles. The summed E-state index contributed by atoms with van der Waals surface area (Å²) in [6, 6.07) is 0. The van der Waals surface area contributed by atoms with Crippen molar-refractivity contribution in [3.8, 4) is 0 Å². The molecular weight excluding hydrogens is 270 g/mol. The fourth-order valence-corrected chi connectivity index (χ4v) is 3.69. The standard InChI is InChI=1S/C16H27NO4/c1-17(12-13-6-5-9-21-13)14(18)10-16(11-15(19)20)7-3-2-4-8-16/h13H,2-12H2,1H3,(H,19,20). The topological polar surface area (TPSA) is 66.8 Å². The average molecular weight is 297 g/mol. The lowest BCUT2D eigenvalue weighted by Crippen LogP contribution is -2.39. The van der Waals surface area contributed by atoms with Gasteiger partial charge in [-0.1, -0.05) is 19.3 Å². The van der Waals surface area contributed by atoms with Gasteiger partial charge < -0.3 is 14.7 Å². The summed E-state index contributed by atoms with van der Waals surface area (Å²) < 4.78 is 5.57. The maximum absolute atomic E-state index is 12.5. The summed E-state index contributed by atoms with van der Waals surface area (Å²) in [4.78, 5) is 25.4. The average Bonchev–Trinajstić information content (AvgIpc) is 2.91. The molecule has 1 amide bonds. The largest absolute Gasteiger partial charge is 0.481 e. The van der Waals surface area contributed by atoms with Gasteiger partial charge >= 0.3 is 5.97 Å². The van der Waals surface area contributed by atoms with Gasteiger partial charge in [-0.05, 0) is 31.1 Å². The van der Waals surface area contributed by atoms with Gasteiger partial charge in [0.25, 0.3) is 0 Å². The number of carboxylic acids is 1. The molecule has 0 spiro atoms. The quantitative estimate of drug-likeness (QED) is 0.817. The summed E-state index contributed by atoms with van der Waals surface area (Å²) >= 11 is 0. The van der Waals surface area contributed by atoms with Crippen LogP contribution in [0.5, 0.6) is 0 Å². The normalized spacial score (nSPS) is 24.7. The van der Waals surface area contributed by atoms with Crippen molar-refractivity contribution in [1.82, 2.24) is 4.90 Å². The molecule has 0 aromatic rings. The first-order chi connectivity index (χ1) is 10.0. The Morgan fingerprint density at radius 3 is 2.48 bits per heavy atom. The molecule has 0 aromatic heterocycles. The maximum Gasteiger partial charge on any atom is 0.303 e. The highest BCUT2D eigenvalue weighted by Crippen LogP contribution is 2.42. The third kappa shape index (κ3) is 4.70. The van der Waals surface area contributed by atoms with Crippen LogP contribution in [0.1, 0.15) is 57.8 Å². The predicted octanol–water partition coefficient (Wildman–Crippen LogP) is 2.44. The number of hydrogen-bond donors (Lipinski definition) is 1. The SMILES string of the molecule is CN(CC1CCCO1)C(=O)CC1(CC(=O)O)CCCCC1. The van der Waals surface area contributed by atoms with Crippen molar-refractivity contribution >= 4 is 11.9 Å². The van der Waals surface area contributed by atoms with Gasteiger partial charge in [-0.15, -0.1) is 0 Å². The number of likely N-dealkylation sites (N-methyl/N-ethyl adjacent to an activating group) is 1. The van der Waals surface area contributed by atoms with Gasteiger partial charge in [-0.25, -0.2) is 0 Å². The number of carbonyl (C=O) groups is 2. The minimum Gasteiger partial charge on any atom is -0.481 e. The van der Waals surface area contributed by atoms with Crippen molar-refractivity contribution in [3.63, 3.8) is 0 Å². The van der Waals surface area contributed by atoms with Crippen LogP contribution in [0.3, 0.4) is 0 Å². The molecule has 2 fully saturated rings. The molecule has 1 unspecified atom stereocenters. The van der Waals surface area contributed by atoms with E-state index >= 15 is 0 Å². The summed E-state index contributed by atoms with van der Waals surface area (Å²) in [7, 11) is 1.81. The van der Waals surface area contributed by atoms with E-state index in [4.69, 9.17) is 9.84 Å². The fourth-order valence-electron chi connectivity index (χ4n) is 3.69. The number of amides is 1. The maximum atomic E-state index is 12.5. The summed E-state index contributed by atoms with van der Waals surface area (Å²) in [5.41, 5.74) is -0.327. The van der Waals surface area contributed by atoms with Crippen LogP contribution >= 0.6 is 0 Å². The van der Waals surface area contributed by atoms with Gasteiger partial charge in [0, 0.05) is 26.6 Å². The third-order valence-electron chi connectivity index (χ3n) is 4.89. The second kappa shape index (κ2) is 7.25. The third-order valence-corrected chi connectivity index (χ3v) is 4.89. The van der Waals surface area contributed by atoms with Gasteiger partial charge in [0.2, 0.25) is 5.91 Å². The Kier molecular flexibility index (Phi) is 5.62. The molecule has 1 atom stereocenters. The highest BCUT2D eigenvalue weighted by Gasteiger charge is 2.37. The number of hydrogen-bond acceptors (Lipinski definition) is 3. The molecule has 0 bridgehead atoms. The van der Waals surface area contributed by atoms with Crippen LogP contribution in [0.4, 0.5) is 0 Å². The zero-order valence-corrected chi connectivity index (χ0v) is 13.0. The first-order valence-corrected chi connectivity index (χ1v) is 8.08. The lowest BCUT2D eigenvalue weighted by molar-refractivity contribution is -0.142. The van der Waals surface area contributed by atoms with Gasteiger partial charge in [-0.3, -0.25) is 9.59 Å². The fraction of sp³-hybridized carbons (Fsp3) is 0.875. The monoisotopic (exact) mass is 297 g/mol. The van der Waals surface area contributed by atoms with Crippen molar-refractivity contribution in [3.05, 3.63) is 0 Å². The van der Waals surface area contributed by atoms with E-state index in [2.05, 4.69) is 0 Å². The number of aliphatic carboxylic acids is 1. The van der Waals surface area contributed by atoms with E-state index < -0.39 is 5.97 Å². The summed E-state index contributed by atoms with van der Waals surface area (Å²) in [6.07, 6.45) is 7.66. The summed E-state index contributed by atoms with van der Waals surface area (Å²) in [5, 5.41) is 9.17. The van der Waals surface area contributed by atoms with Gasteiger partial charge in [0.15, 0.2) is 0 Å². The van der Waals surface area contributed by atoms with Crippen LogP contribution < -0.4 is 0 Å². The highest BCUT2D eigenvalue weighted by molar-refractivity contribution is 5.78. The first-order valence-electron chi connectivity index (χ1n) is 8.08. The Morgan fingerprint density at radius 1 is 1.19 bits per heavy atom. The van der Waals surface area contributed by atoms with Crippen LogP contribution in [-0.2, 0) is 14.3 Å². The van der Waals surface area contributed by atoms with E-state index in [1.54, 1.807) is 11.9 Å². The van der Waals surface area contributed by atoms with E-state index in [1.165, 1.54) is 0 Å². The second-order valence-electron chi connectivity index (χ2n) is 6.72. The Morgan fingerprint density at radius 2 is 1.90 bits per heavy atom. The lowest BCUT2D eigenvalue weighted by Gasteiger charge is -2.37. The molecule has 5 heteroatoms. The zero-order valence-electron chi connectivity index (χ0n) is 13.0. The predicted molar refractivity (Wildman–Crippen MR) is 79.0 cm³/mol. The molecule has 2 rings (SSSR count). The van der Waals surface area contributed by atoms with Crippen LogP contribution in [0.25, 0.3) is 0 Å². The molecule has 2 aliphatic rings. The summed E-state index contributed by atoms with van der Waals surface area (Å²) in [6.45, 7) is 1.41. The highest BCUT2D eigenvalue weighted by atomic mass is 16.5. The first kappa shape index (κ1) is 16.3. The molecule has 1 N–H and O–H groups in total. The lowest BCUT2D eigenvalue weighted by atomic mass is 9.69. The molecule has 0 radical (unpaired) electrons. The molecular formula is C16H27NO4. The Balaban J connectivity index is 1.91. The van der Waals surface area contributed by atoms with Crippen LogP contribution in [-0.4, -0.2) is 48.2 Å². The van der Waals surface area contributed by atoms with E-state index in [0.717, 1.165) is 51.6 Å². The molecule has 21 heavy (non-hydrogen) atoms. The van der Waals surface area contributed by atoms with Gasteiger partial charge in [0.05, 0.1) is 12.5 Å². The van der Waals surface area contributed by atoms with Crippen molar-refractivity contribution < 1.29 is 19.4 Å². The van der Waals surface area contributed by atoms with Crippen molar-refractivity contribution in [2.45, 2.75) is 63.9 Å². The minimum atomic E-state index is -0.786. The smallest absolute Gasteiger partial charge is 0.303 e. The molecule has 0 aromatic carbocycles. The van der Waals surface area contributed by atoms with Crippen LogP contribution in [0, 0.1) is 5.41 Å². The van der Waals surface area contributed by atoms with E-state index in [-0.39, 0.29) is 23.8 Å². The van der Waals surface area contributed by atoms with Crippen molar-refractivity contribution in [2.24, 2.45) is 5.41 Å². The zero-order chi connectivity index (χ0) is 15.3. The molecule has 1 saturated heterocycles. The van der Waals surface area contributed by atoms with E-state index in [9.17, 15) is 9.59 Å². The van der Waals surface area contributed by atoms with Crippen LogP contribution in [0.15, 0.2) is 0 Å². The molecule has 1 heterocycles. The number of ether oxygens (including phenoxy) is 1. The number of nitrogens with zero attached hydrogens (tertiary/aromatic N) is 1. The Labute approximate surface area is 126 Å². The molecule has 5 nitrogen and oxygen atoms in total. The van der Waals surface area contributed by atoms with Crippen molar-refractivity contribution in [2.75, 3.05) is 20.2 Å². The number of rotatable bonds is 6. The Hall–Kier alpha value is -1.10. The van der Waals surface area contributed by atoms with E-state index in [0.29, 0.717) is 13.0 Å². The number of carboxylic acid groups (broad SMARTS) is 1. The molecule has 1 aliphatic heterocycles. The van der Waals surface area contributed by atoms with Crippen molar-refractivity contribution in [1.29, 1.82) is 0 Å². The second-order valence-corrected chi connectivity index (χ2v) is 6.72. The van der Waals surface area contributed by atoms with Gasteiger partial charge in [0.1, 0.15) is 0 Å². The van der Waals surface area contributed by atoms with Gasteiger partial charge in [-0.2, -0.15) is 0 Å². The number of carbonyl (C=O) groups excluding carboxylic acids is 1.